The smallest absolute Gasteiger partial charge is 0.194 e. The first-order chi connectivity index (χ1) is 9.13. The Hall–Kier alpha value is -1.82. The summed E-state index contributed by atoms with van der Waals surface area (Å²) in [7, 11) is 3.15. The second-order valence-electron chi connectivity index (χ2n) is 3.83. The Balaban J connectivity index is 2.10. The molecule has 2 aromatic rings. The Morgan fingerprint density at radius 3 is 2.89 bits per heavy atom. The number of carbonyl (C=O) groups excluding carboxylic acids is 1. The van der Waals surface area contributed by atoms with Crippen molar-refractivity contribution >= 4 is 17.5 Å². The number of benzene rings is 1. The highest BCUT2D eigenvalue weighted by Gasteiger charge is 2.18. The van der Waals surface area contributed by atoms with Crippen LogP contribution in [0.5, 0.6) is 5.75 Å². The van der Waals surface area contributed by atoms with Crippen LogP contribution >= 0.6 is 11.8 Å². The minimum atomic E-state index is -0.322. The van der Waals surface area contributed by atoms with Crippen LogP contribution in [0.15, 0.2) is 35.4 Å². The van der Waals surface area contributed by atoms with Crippen LogP contribution in [0.4, 0.5) is 4.39 Å². The van der Waals surface area contributed by atoms with Gasteiger partial charge >= 0.3 is 0 Å². The molecule has 0 unspecified atom stereocenters. The van der Waals surface area contributed by atoms with Crippen LogP contribution in [0.3, 0.4) is 0 Å². The highest BCUT2D eigenvalue weighted by atomic mass is 32.2. The van der Waals surface area contributed by atoms with E-state index in [-0.39, 0.29) is 17.4 Å². The number of nitrogens with zero attached hydrogens (tertiary/aromatic N) is 2. The Kier molecular flexibility index (Phi) is 4.21. The molecule has 0 bridgehead atoms. The molecule has 0 N–H and O–H groups in total. The first kappa shape index (κ1) is 13.6. The minimum Gasteiger partial charge on any atom is -0.493 e. The Bertz CT molecular complexity index is 598. The van der Waals surface area contributed by atoms with Crippen molar-refractivity contribution in [3.8, 4) is 5.75 Å². The zero-order valence-electron chi connectivity index (χ0n) is 10.6. The van der Waals surface area contributed by atoms with E-state index in [1.165, 1.54) is 24.1 Å². The maximum atomic E-state index is 13.4. The summed E-state index contributed by atoms with van der Waals surface area (Å²) in [5.41, 5.74) is 0.395. The SMILES string of the molecule is COc1cnn(C)c1C(=O)CSc1ccccc1F. The molecule has 19 heavy (non-hydrogen) atoms. The summed E-state index contributed by atoms with van der Waals surface area (Å²) in [6, 6.07) is 6.37. The van der Waals surface area contributed by atoms with Crippen molar-refractivity contribution in [3.05, 3.63) is 42.0 Å². The Morgan fingerprint density at radius 1 is 1.47 bits per heavy atom. The highest BCUT2D eigenvalue weighted by molar-refractivity contribution is 8.00. The predicted octanol–water partition coefficient (Wildman–Crippen LogP) is 2.54. The number of ketones is 1. The number of ether oxygens (including phenoxy) is 1. The van der Waals surface area contributed by atoms with Crippen LogP contribution in [0.2, 0.25) is 0 Å². The van der Waals surface area contributed by atoms with Crippen molar-refractivity contribution in [3.63, 3.8) is 0 Å². The summed E-state index contributed by atoms with van der Waals surface area (Å²) in [5.74, 6) is 0.0978. The molecule has 2 rings (SSSR count). The van der Waals surface area contributed by atoms with Crippen LogP contribution in [-0.2, 0) is 7.05 Å². The van der Waals surface area contributed by atoms with Gasteiger partial charge in [0, 0.05) is 11.9 Å². The average molecular weight is 280 g/mol. The summed E-state index contributed by atoms with van der Waals surface area (Å²) in [6.07, 6.45) is 1.49. The quantitative estimate of drug-likeness (QED) is 0.623. The van der Waals surface area contributed by atoms with E-state index in [9.17, 15) is 9.18 Å². The van der Waals surface area contributed by atoms with E-state index >= 15 is 0 Å². The van der Waals surface area contributed by atoms with Gasteiger partial charge in [-0.15, -0.1) is 11.8 Å². The number of halogens is 1. The number of rotatable bonds is 5. The van der Waals surface area contributed by atoms with Gasteiger partial charge in [-0.05, 0) is 12.1 Å². The number of hydrogen-bond donors (Lipinski definition) is 0. The maximum absolute atomic E-state index is 13.4. The summed E-state index contributed by atoms with van der Waals surface area (Å²) >= 11 is 1.16. The van der Waals surface area contributed by atoms with Crippen molar-refractivity contribution in [2.75, 3.05) is 12.9 Å². The van der Waals surface area contributed by atoms with Gasteiger partial charge in [0.2, 0.25) is 0 Å². The molecule has 4 nitrogen and oxygen atoms in total. The topological polar surface area (TPSA) is 44.1 Å². The molecular formula is C13H13FN2O2S. The number of thioether (sulfide) groups is 1. The summed E-state index contributed by atoms with van der Waals surface area (Å²) in [5, 5.41) is 3.97. The number of methoxy groups -OCH3 is 1. The zero-order valence-corrected chi connectivity index (χ0v) is 11.4. The lowest BCUT2D eigenvalue weighted by Crippen LogP contribution is -2.10. The lowest BCUT2D eigenvalue weighted by Gasteiger charge is -2.05. The number of hydrogen-bond acceptors (Lipinski definition) is 4. The molecule has 0 fully saturated rings. The molecule has 0 aliphatic heterocycles. The van der Waals surface area contributed by atoms with E-state index in [1.54, 1.807) is 25.2 Å². The van der Waals surface area contributed by atoms with Crippen LogP contribution in [0.1, 0.15) is 10.5 Å². The molecule has 6 heteroatoms. The van der Waals surface area contributed by atoms with Gasteiger partial charge in [-0.25, -0.2) is 4.39 Å². The van der Waals surface area contributed by atoms with Crippen molar-refractivity contribution in [2.45, 2.75) is 4.90 Å². The van der Waals surface area contributed by atoms with Crippen LogP contribution in [0, 0.1) is 5.82 Å². The number of carbonyl (C=O) groups is 1. The summed E-state index contributed by atoms with van der Waals surface area (Å²) < 4.78 is 20.0. The molecular weight excluding hydrogens is 267 g/mol. The third kappa shape index (κ3) is 2.96. The Labute approximate surface area is 114 Å². The normalized spacial score (nSPS) is 10.5. The van der Waals surface area contributed by atoms with Gasteiger partial charge < -0.3 is 4.74 Å². The van der Waals surface area contributed by atoms with Gasteiger partial charge in [0.1, 0.15) is 11.5 Å². The standard InChI is InChI=1S/C13H13FN2O2S/c1-16-13(11(18-2)7-15-16)10(17)8-19-12-6-4-3-5-9(12)14/h3-7H,8H2,1-2H3. The van der Waals surface area contributed by atoms with Gasteiger partial charge in [0.25, 0.3) is 0 Å². The van der Waals surface area contributed by atoms with E-state index < -0.39 is 0 Å². The first-order valence-corrected chi connectivity index (χ1v) is 6.58. The maximum Gasteiger partial charge on any atom is 0.194 e. The summed E-state index contributed by atoms with van der Waals surface area (Å²) in [6.45, 7) is 0. The fourth-order valence-corrected chi connectivity index (χ4v) is 2.46. The first-order valence-electron chi connectivity index (χ1n) is 5.60. The molecule has 1 aromatic heterocycles. The van der Waals surface area contributed by atoms with E-state index in [0.717, 1.165) is 11.8 Å². The van der Waals surface area contributed by atoms with Crippen LogP contribution in [0.25, 0.3) is 0 Å². The largest absolute Gasteiger partial charge is 0.493 e. The second kappa shape index (κ2) is 5.88. The molecule has 0 aliphatic rings. The average Bonchev–Trinajstić information content (AvgIpc) is 2.78. The minimum absolute atomic E-state index is 0.136. The zero-order chi connectivity index (χ0) is 13.8. The van der Waals surface area contributed by atoms with Crippen LogP contribution in [-0.4, -0.2) is 28.4 Å². The van der Waals surface area contributed by atoms with E-state index in [2.05, 4.69) is 5.10 Å². The van der Waals surface area contributed by atoms with Crippen molar-refractivity contribution < 1.29 is 13.9 Å². The third-order valence-corrected chi connectivity index (χ3v) is 3.63. The van der Waals surface area contributed by atoms with E-state index in [0.29, 0.717) is 16.3 Å². The van der Waals surface area contributed by atoms with Gasteiger partial charge in [0.15, 0.2) is 11.5 Å². The number of Topliss-reactive ketones (excluding diaryl/α,β-unsaturated/α-hetero) is 1. The predicted molar refractivity (Wildman–Crippen MR) is 71.2 cm³/mol. The van der Waals surface area contributed by atoms with Gasteiger partial charge in [-0.3, -0.25) is 9.48 Å². The molecule has 1 aromatic carbocycles. The number of aryl methyl sites for hydroxylation is 1. The molecule has 1 heterocycles. The third-order valence-electron chi connectivity index (χ3n) is 2.58. The van der Waals surface area contributed by atoms with Crippen LogP contribution < -0.4 is 4.74 Å². The lowest BCUT2D eigenvalue weighted by molar-refractivity contribution is 0.101. The molecule has 0 radical (unpaired) electrons. The molecule has 0 atom stereocenters. The Morgan fingerprint density at radius 2 is 2.21 bits per heavy atom. The van der Waals surface area contributed by atoms with Gasteiger partial charge in [0.05, 0.1) is 19.1 Å². The number of aromatic nitrogens is 2. The molecule has 0 spiro atoms. The fraction of sp³-hybridized carbons (Fsp3) is 0.231. The lowest BCUT2D eigenvalue weighted by atomic mass is 10.3. The fourth-order valence-electron chi connectivity index (χ4n) is 1.66. The van der Waals surface area contributed by atoms with Gasteiger partial charge in [-0.2, -0.15) is 5.10 Å². The second-order valence-corrected chi connectivity index (χ2v) is 4.84. The molecule has 0 saturated heterocycles. The summed E-state index contributed by atoms with van der Waals surface area (Å²) in [4.78, 5) is 12.6. The molecule has 0 saturated carbocycles. The van der Waals surface area contributed by atoms with Gasteiger partial charge in [-0.1, -0.05) is 12.1 Å². The highest BCUT2D eigenvalue weighted by Crippen LogP contribution is 2.24. The molecule has 0 aliphatic carbocycles. The van der Waals surface area contributed by atoms with Crippen molar-refractivity contribution in [2.24, 2.45) is 7.05 Å². The molecule has 100 valence electrons. The van der Waals surface area contributed by atoms with Crippen molar-refractivity contribution in [1.82, 2.24) is 9.78 Å². The van der Waals surface area contributed by atoms with Crippen molar-refractivity contribution in [1.29, 1.82) is 0 Å². The van der Waals surface area contributed by atoms with E-state index in [1.807, 2.05) is 0 Å². The monoisotopic (exact) mass is 280 g/mol. The van der Waals surface area contributed by atoms with E-state index in [4.69, 9.17) is 4.74 Å². The molecule has 0 amide bonds.